The molecule has 6 heteroatoms. The number of methoxy groups -OCH3 is 3. The molecule has 0 aliphatic rings. The molecule has 1 amide bonds. The number of carbonyl (C=O) groups excluding carboxylic acids is 1. The molecule has 0 atom stereocenters. The van der Waals surface area contributed by atoms with Crippen molar-refractivity contribution >= 4 is 5.91 Å². The van der Waals surface area contributed by atoms with Crippen LogP contribution < -0.4 is 14.2 Å². The molecule has 0 fully saturated rings. The lowest BCUT2D eigenvalue weighted by Gasteiger charge is -2.18. The lowest BCUT2D eigenvalue weighted by Crippen LogP contribution is -2.25. The van der Waals surface area contributed by atoms with Crippen LogP contribution in [-0.2, 0) is 6.54 Å². The van der Waals surface area contributed by atoms with Gasteiger partial charge in [0.25, 0.3) is 5.91 Å². The minimum Gasteiger partial charge on any atom is -0.493 e. The molecule has 2 aromatic rings. The molecule has 6 nitrogen and oxygen atoms in total. The van der Waals surface area contributed by atoms with Crippen molar-refractivity contribution in [2.45, 2.75) is 6.54 Å². The Hall–Kier alpha value is -2.63. The summed E-state index contributed by atoms with van der Waals surface area (Å²) < 4.78 is 21.0. The second-order valence-electron chi connectivity index (χ2n) is 4.67. The third-order valence-corrected chi connectivity index (χ3v) is 3.22. The molecule has 22 heavy (non-hydrogen) atoms. The Labute approximate surface area is 129 Å². The van der Waals surface area contributed by atoms with E-state index in [-0.39, 0.29) is 5.91 Å². The largest absolute Gasteiger partial charge is 0.493 e. The van der Waals surface area contributed by atoms with Crippen molar-refractivity contribution in [3.8, 4) is 17.2 Å². The number of amides is 1. The molecule has 0 saturated carbocycles. The number of hydrogen-bond acceptors (Lipinski definition) is 5. The zero-order valence-electron chi connectivity index (χ0n) is 13.1. The molecule has 1 heterocycles. The lowest BCUT2D eigenvalue weighted by molar-refractivity contribution is 0.0753. The highest BCUT2D eigenvalue weighted by Crippen LogP contribution is 2.38. The third-order valence-electron chi connectivity index (χ3n) is 3.22. The zero-order chi connectivity index (χ0) is 16.1. The van der Waals surface area contributed by atoms with Crippen LogP contribution in [0.4, 0.5) is 0 Å². The smallest absolute Gasteiger partial charge is 0.289 e. The van der Waals surface area contributed by atoms with Crippen molar-refractivity contribution in [3.05, 3.63) is 41.9 Å². The van der Waals surface area contributed by atoms with Gasteiger partial charge in [0.2, 0.25) is 5.75 Å². The predicted molar refractivity (Wildman–Crippen MR) is 80.6 cm³/mol. The third kappa shape index (κ3) is 3.16. The van der Waals surface area contributed by atoms with E-state index in [1.165, 1.54) is 6.26 Å². The van der Waals surface area contributed by atoms with Crippen molar-refractivity contribution < 1.29 is 23.4 Å². The Morgan fingerprint density at radius 2 is 1.77 bits per heavy atom. The number of carbonyl (C=O) groups is 1. The van der Waals surface area contributed by atoms with E-state index in [0.29, 0.717) is 29.6 Å². The van der Waals surface area contributed by atoms with Gasteiger partial charge in [-0.25, -0.2) is 0 Å². The first-order valence-electron chi connectivity index (χ1n) is 6.68. The summed E-state index contributed by atoms with van der Waals surface area (Å²) in [6.45, 7) is 0.385. The molecular weight excluding hydrogens is 286 g/mol. The summed E-state index contributed by atoms with van der Waals surface area (Å²) in [6.07, 6.45) is 1.47. The first-order valence-corrected chi connectivity index (χ1v) is 6.68. The molecule has 0 unspecified atom stereocenters. The Balaban J connectivity index is 2.24. The summed E-state index contributed by atoms with van der Waals surface area (Å²) in [5.74, 6) is 1.73. The van der Waals surface area contributed by atoms with Gasteiger partial charge in [0.15, 0.2) is 17.3 Å². The minimum absolute atomic E-state index is 0.196. The van der Waals surface area contributed by atoms with E-state index in [4.69, 9.17) is 18.6 Å². The number of rotatable bonds is 6. The Morgan fingerprint density at radius 1 is 1.14 bits per heavy atom. The number of nitrogens with zero attached hydrogens (tertiary/aromatic N) is 1. The number of ether oxygens (including phenoxy) is 3. The van der Waals surface area contributed by atoms with Gasteiger partial charge in [-0.3, -0.25) is 4.79 Å². The van der Waals surface area contributed by atoms with Crippen LogP contribution in [0.1, 0.15) is 16.1 Å². The van der Waals surface area contributed by atoms with Gasteiger partial charge in [0.05, 0.1) is 27.6 Å². The van der Waals surface area contributed by atoms with Gasteiger partial charge in [0, 0.05) is 13.6 Å². The molecule has 0 aliphatic carbocycles. The molecule has 0 bridgehead atoms. The van der Waals surface area contributed by atoms with Crippen LogP contribution in [0, 0.1) is 0 Å². The SMILES string of the molecule is COc1cc(CN(C)C(=O)c2ccco2)cc(OC)c1OC. The van der Waals surface area contributed by atoms with Crippen molar-refractivity contribution in [2.24, 2.45) is 0 Å². The topological polar surface area (TPSA) is 61.1 Å². The molecule has 0 aliphatic heterocycles. The minimum atomic E-state index is -0.196. The Bertz CT molecular complexity index is 611. The van der Waals surface area contributed by atoms with Crippen LogP contribution in [0.5, 0.6) is 17.2 Å². The molecule has 1 aromatic heterocycles. The molecular formula is C16H19NO5. The normalized spacial score (nSPS) is 10.2. The van der Waals surface area contributed by atoms with Crippen molar-refractivity contribution in [1.29, 1.82) is 0 Å². The fraction of sp³-hybridized carbons (Fsp3) is 0.312. The molecule has 2 rings (SSSR count). The number of hydrogen-bond donors (Lipinski definition) is 0. The van der Waals surface area contributed by atoms with E-state index >= 15 is 0 Å². The van der Waals surface area contributed by atoms with E-state index in [0.717, 1.165) is 5.56 Å². The summed E-state index contributed by atoms with van der Waals surface area (Å²) >= 11 is 0. The van der Waals surface area contributed by atoms with Gasteiger partial charge in [-0.1, -0.05) is 0 Å². The summed E-state index contributed by atoms with van der Waals surface area (Å²) in [6, 6.07) is 6.94. The van der Waals surface area contributed by atoms with E-state index in [9.17, 15) is 4.79 Å². The first-order chi connectivity index (χ1) is 10.6. The molecule has 0 radical (unpaired) electrons. The summed E-state index contributed by atoms with van der Waals surface area (Å²) in [7, 11) is 6.36. The standard InChI is InChI=1S/C16H19NO5/c1-17(16(18)12-6-5-7-22-12)10-11-8-13(19-2)15(21-4)14(9-11)20-3/h5-9H,10H2,1-4H3. The fourth-order valence-corrected chi connectivity index (χ4v) is 2.16. The van der Waals surface area contributed by atoms with Gasteiger partial charge in [-0.15, -0.1) is 0 Å². The van der Waals surface area contributed by atoms with E-state index in [2.05, 4.69) is 0 Å². The average molecular weight is 305 g/mol. The predicted octanol–water partition coefficient (Wildman–Crippen LogP) is 2.58. The average Bonchev–Trinajstić information content (AvgIpc) is 3.07. The maximum absolute atomic E-state index is 12.2. The first kappa shape index (κ1) is 15.8. The number of benzene rings is 1. The molecule has 0 spiro atoms. The quantitative estimate of drug-likeness (QED) is 0.821. The fourth-order valence-electron chi connectivity index (χ4n) is 2.16. The van der Waals surface area contributed by atoms with Crippen LogP contribution in [0.15, 0.2) is 34.9 Å². The van der Waals surface area contributed by atoms with E-state index < -0.39 is 0 Å². The van der Waals surface area contributed by atoms with Crippen LogP contribution in [0.3, 0.4) is 0 Å². The van der Waals surface area contributed by atoms with Crippen LogP contribution >= 0.6 is 0 Å². The van der Waals surface area contributed by atoms with Crippen LogP contribution in [0.25, 0.3) is 0 Å². The second-order valence-corrected chi connectivity index (χ2v) is 4.67. The van der Waals surface area contributed by atoms with Crippen molar-refractivity contribution in [3.63, 3.8) is 0 Å². The van der Waals surface area contributed by atoms with E-state index in [1.807, 2.05) is 12.1 Å². The molecule has 0 saturated heterocycles. The zero-order valence-corrected chi connectivity index (χ0v) is 13.1. The van der Waals surface area contributed by atoms with E-state index in [1.54, 1.807) is 45.4 Å². The Morgan fingerprint density at radius 3 is 2.23 bits per heavy atom. The summed E-state index contributed by atoms with van der Waals surface area (Å²) in [5.41, 5.74) is 0.858. The molecule has 118 valence electrons. The van der Waals surface area contributed by atoms with Crippen molar-refractivity contribution in [1.82, 2.24) is 4.90 Å². The highest BCUT2D eigenvalue weighted by atomic mass is 16.5. The van der Waals surface area contributed by atoms with Gasteiger partial charge in [-0.2, -0.15) is 0 Å². The second kappa shape index (κ2) is 6.89. The van der Waals surface area contributed by atoms with Gasteiger partial charge in [-0.05, 0) is 29.8 Å². The maximum Gasteiger partial charge on any atom is 0.289 e. The van der Waals surface area contributed by atoms with Gasteiger partial charge < -0.3 is 23.5 Å². The number of furan rings is 1. The Kier molecular flexibility index (Phi) is 4.93. The maximum atomic E-state index is 12.2. The molecule has 1 aromatic carbocycles. The van der Waals surface area contributed by atoms with Crippen LogP contribution in [-0.4, -0.2) is 39.2 Å². The van der Waals surface area contributed by atoms with Gasteiger partial charge in [0.1, 0.15) is 0 Å². The lowest BCUT2D eigenvalue weighted by atomic mass is 10.1. The van der Waals surface area contributed by atoms with Crippen molar-refractivity contribution in [2.75, 3.05) is 28.4 Å². The highest BCUT2D eigenvalue weighted by molar-refractivity contribution is 5.91. The van der Waals surface area contributed by atoms with Gasteiger partial charge >= 0.3 is 0 Å². The summed E-state index contributed by atoms with van der Waals surface area (Å²) in [4.78, 5) is 13.7. The summed E-state index contributed by atoms with van der Waals surface area (Å²) in [5, 5.41) is 0. The highest BCUT2D eigenvalue weighted by Gasteiger charge is 2.18. The van der Waals surface area contributed by atoms with Crippen LogP contribution in [0.2, 0.25) is 0 Å². The molecule has 0 N–H and O–H groups in total. The monoisotopic (exact) mass is 305 g/mol.